The molecule has 2 rings (SSSR count). The maximum absolute atomic E-state index is 11.1. The van der Waals surface area contributed by atoms with Gasteiger partial charge in [0, 0.05) is 10.9 Å². The van der Waals surface area contributed by atoms with Gasteiger partial charge in [0.2, 0.25) is 5.91 Å². The number of hydrogen-bond acceptors (Lipinski definition) is 3. The minimum Gasteiger partial charge on any atom is -0.368 e. The Morgan fingerprint density at radius 2 is 2.46 bits per heavy atom. The quantitative estimate of drug-likeness (QED) is 0.755. The van der Waals surface area contributed by atoms with E-state index in [1.165, 1.54) is 0 Å². The van der Waals surface area contributed by atoms with Crippen molar-refractivity contribution < 1.29 is 4.79 Å². The van der Waals surface area contributed by atoms with Crippen LogP contribution in [0.3, 0.4) is 0 Å². The highest BCUT2D eigenvalue weighted by molar-refractivity contribution is 7.10. The predicted molar refractivity (Wildman–Crippen MR) is 52.4 cm³/mol. The zero-order valence-electron chi connectivity index (χ0n) is 7.19. The maximum atomic E-state index is 11.1. The number of primary amides is 1. The second kappa shape index (κ2) is 3.47. The Kier molecular flexibility index (Phi) is 2.33. The minimum absolute atomic E-state index is 0.283. The summed E-state index contributed by atoms with van der Waals surface area (Å²) in [5.74, 6) is -0.283. The first-order chi connectivity index (χ1) is 6.27. The van der Waals surface area contributed by atoms with E-state index in [2.05, 4.69) is 5.32 Å². The lowest BCUT2D eigenvalue weighted by Crippen LogP contribution is -2.34. The fourth-order valence-corrected chi connectivity index (χ4v) is 2.04. The van der Waals surface area contributed by atoms with Gasteiger partial charge < -0.3 is 5.73 Å². The molecule has 0 aromatic carbocycles. The van der Waals surface area contributed by atoms with Crippen LogP contribution in [0.4, 0.5) is 0 Å². The second-order valence-corrected chi connectivity index (χ2v) is 4.27. The lowest BCUT2D eigenvalue weighted by molar-refractivity contribution is -0.120. The lowest BCUT2D eigenvalue weighted by Gasteiger charge is -2.12. The summed E-state index contributed by atoms with van der Waals surface area (Å²) in [6.45, 7) is 0. The van der Waals surface area contributed by atoms with Gasteiger partial charge in [-0.25, -0.2) is 0 Å². The highest BCUT2D eigenvalue weighted by Gasteiger charge is 2.28. The van der Waals surface area contributed by atoms with Crippen molar-refractivity contribution in [2.45, 2.75) is 24.9 Å². The Labute approximate surface area is 80.9 Å². The highest BCUT2D eigenvalue weighted by atomic mass is 32.1. The molecule has 1 atom stereocenters. The summed E-state index contributed by atoms with van der Waals surface area (Å²) in [6.07, 6.45) is 2.32. The van der Waals surface area contributed by atoms with Crippen LogP contribution in [0.2, 0.25) is 0 Å². The average Bonchev–Trinajstić information content (AvgIpc) is 2.75. The Hall–Kier alpha value is -0.870. The Morgan fingerprint density at radius 3 is 2.92 bits per heavy atom. The van der Waals surface area contributed by atoms with Crippen LogP contribution in [-0.2, 0) is 4.79 Å². The zero-order chi connectivity index (χ0) is 9.26. The Morgan fingerprint density at radius 1 is 1.69 bits per heavy atom. The van der Waals surface area contributed by atoms with Crippen molar-refractivity contribution in [2.75, 3.05) is 0 Å². The standard InChI is InChI=1S/C9H12N2OS/c10-9(12)8(11-6-3-4-6)7-2-1-5-13-7/h1-2,5-6,8,11H,3-4H2,(H2,10,12). The van der Waals surface area contributed by atoms with E-state index in [9.17, 15) is 4.79 Å². The summed E-state index contributed by atoms with van der Waals surface area (Å²) >= 11 is 1.57. The van der Waals surface area contributed by atoms with Gasteiger partial charge in [0.15, 0.2) is 0 Å². The van der Waals surface area contributed by atoms with Crippen molar-refractivity contribution >= 4 is 17.2 Å². The number of nitrogens with one attached hydrogen (secondary N) is 1. The van der Waals surface area contributed by atoms with E-state index in [0.29, 0.717) is 6.04 Å². The molecule has 1 aromatic heterocycles. The molecule has 0 saturated heterocycles. The molecule has 1 heterocycles. The molecule has 70 valence electrons. The molecule has 4 heteroatoms. The van der Waals surface area contributed by atoms with Crippen molar-refractivity contribution in [1.29, 1.82) is 0 Å². The molecular formula is C9H12N2OS. The van der Waals surface area contributed by atoms with E-state index in [1.807, 2.05) is 17.5 Å². The van der Waals surface area contributed by atoms with E-state index >= 15 is 0 Å². The Balaban J connectivity index is 2.08. The van der Waals surface area contributed by atoms with E-state index in [-0.39, 0.29) is 11.9 Å². The van der Waals surface area contributed by atoms with E-state index in [4.69, 9.17) is 5.73 Å². The fourth-order valence-electron chi connectivity index (χ4n) is 1.25. The summed E-state index contributed by atoms with van der Waals surface area (Å²) in [6, 6.07) is 4.09. The van der Waals surface area contributed by atoms with Crippen molar-refractivity contribution in [3.05, 3.63) is 22.4 Å². The minimum atomic E-state index is -0.285. The van der Waals surface area contributed by atoms with Crippen LogP contribution >= 0.6 is 11.3 Å². The zero-order valence-corrected chi connectivity index (χ0v) is 8.01. The molecule has 1 aliphatic carbocycles. The summed E-state index contributed by atoms with van der Waals surface area (Å²) in [7, 11) is 0. The van der Waals surface area contributed by atoms with Crippen LogP contribution in [0.15, 0.2) is 17.5 Å². The predicted octanol–water partition coefficient (Wildman–Crippen LogP) is 1.03. The largest absolute Gasteiger partial charge is 0.368 e. The number of hydrogen-bond donors (Lipinski definition) is 2. The van der Waals surface area contributed by atoms with Gasteiger partial charge in [-0.3, -0.25) is 10.1 Å². The highest BCUT2D eigenvalue weighted by Crippen LogP contribution is 2.26. The molecule has 0 bridgehead atoms. The third kappa shape index (κ3) is 2.08. The third-order valence-electron chi connectivity index (χ3n) is 2.09. The number of nitrogens with two attached hydrogens (primary N) is 1. The van der Waals surface area contributed by atoms with E-state index < -0.39 is 0 Å². The van der Waals surface area contributed by atoms with Gasteiger partial charge in [-0.15, -0.1) is 11.3 Å². The average molecular weight is 196 g/mol. The van der Waals surface area contributed by atoms with Crippen molar-refractivity contribution in [3.63, 3.8) is 0 Å². The van der Waals surface area contributed by atoms with Crippen molar-refractivity contribution in [3.8, 4) is 0 Å². The number of carbonyl (C=O) groups is 1. The van der Waals surface area contributed by atoms with Gasteiger partial charge in [-0.1, -0.05) is 6.07 Å². The number of rotatable bonds is 4. The number of carbonyl (C=O) groups excluding carboxylic acids is 1. The normalized spacial score (nSPS) is 18.5. The summed E-state index contributed by atoms with van der Waals surface area (Å²) in [4.78, 5) is 12.1. The van der Waals surface area contributed by atoms with Crippen LogP contribution in [0.25, 0.3) is 0 Å². The van der Waals surface area contributed by atoms with Crippen molar-refractivity contribution in [1.82, 2.24) is 5.32 Å². The first-order valence-corrected chi connectivity index (χ1v) is 5.24. The monoisotopic (exact) mass is 196 g/mol. The van der Waals surface area contributed by atoms with E-state index in [1.54, 1.807) is 11.3 Å². The van der Waals surface area contributed by atoms with Gasteiger partial charge in [-0.2, -0.15) is 0 Å². The van der Waals surface area contributed by atoms with Gasteiger partial charge in [0.05, 0.1) is 0 Å². The lowest BCUT2D eigenvalue weighted by atomic mass is 10.2. The molecule has 1 aromatic rings. The molecule has 3 N–H and O–H groups in total. The van der Waals surface area contributed by atoms with Gasteiger partial charge >= 0.3 is 0 Å². The van der Waals surface area contributed by atoms with Crippen molar-refractivity contribution in [2.24, 2.45) is 5.73 Å². The third-order valence-corrected chi connectivity index (χ3v) is 3.03. The molecule has 1 saturated carbocycles. The van der Waals surface area contributed by atoms with E-state index in [0.717, 1.165) is 17.7 Å². The van der Waals surface area contributed by atoms with Gasteiger partial charge in [0.1, 0.15) is 6.04 Å². The first-order valence-electron chi connectivity index (χ1n) is 4.36. The molecule has 1 unspecified atom stereocenters. The summed E-state index contributed by atoms with van der Waals surface area (Å²) < 4.78 is 0. The second-order valence-electron chi connectivity index (χ2n) is 3.29. The van der Waals surface area contributed by atoms with Crippen LogP contribution in [0.5, 0.6) is 0 Å². The maximum Gasteiger partial charge on any atom is 0.240 e. The Bertz CT molecular complexity index is 293. The molecule has 0 radical (unpaired) electrons. The first kappa shape index (κ1) is 8.72. The molecule has 13 heavy (non-hydrogen) atoms. The van der Waals surface area contributed by atoms with Crippen LogP contribution in [0.1, 0.15) is 23.8 Å². The topological polar surface area (TPSA) is 55.1 Å². The molecule has 0 spiro atoms. The summed E-state index contributed by atoms with van der Waals surface area (Å²) in [5.41, 5.74) is 5.31. The van der Waals surface area contributed by atoms with Gasteiger partial charge in [0.25, 0.3) is 0 Å². The van der Waals surface area contributed by atoms with Crippen LogP contribution in [0, 0.1) is 0 Å². The SMILES string of the molecule is NC(=O)C(NC1CC1)c1cccs1. The fraction of sp³-hybridized carbons (Fsp3) is 0.444. The molecule has 1 fully saturated rings. The smallest absolute Gasteiger partial charge is 0.240 e. The molecule has 0 aliphatic heterocycles. The molecule has 3 nitrogen and oxygen atoms in total. The molecular weight excluding hydrogens is 184 g/mol. The number of amides is 1. The summed E-state index contributed by atoms with van der Waals surface area (Å²) in [5, 5.41) is 5.19. The molecule has 1 aliphatic rings. The number of thiophene rings is 1. The van der Waals surface area contributed by atoms with Crippen LogP contribution in [-0.4, -0.2) is 11.9 Å². The van der Waals surface area contributed by atoms with Crippen LogP contribution < -0.4 is 11.1 Å². The van der Waals surface area contributed by atoms with Gasteiger partial charge in [-0.05, 0) is 24.3 Å². The molecule has 1 amide bonds.